The summed E-state index contributed by atoms with van der Waals surface area (Å²) >= 11 is 0. The molecule has 19 nitrogen and oxygen atoms in total. The first kappa shape index (κ1) is 33.1. The molecule has 1 saturated heterocycles. The maximum absolute atomic E-state index is 12.7. The zero-order valence-electron chi connectivity index (χ0n) is 20.5. The Morgan fingerprint density at radius 1 is 1.33 bits per heavy atom. The minimum atomic E-state index is -5.44. The molecule has 2 heterocycles. The van der Waals surface area contributed by atoms with E-state index in [2.05, 4.69) is 4.98 Å². The van der Waals surface area contributed by atoms with Gasteiger partial charge in [-0.25, -0.2) is 18.7 Å². The van der Waals surface area contributed by atoms with Gasteiger partial charge in [-0.3, -0.25) is 9.09 Å². The molecule has 224 valence electrons. The Bertz CT molecular complexity index is 1080. The summed E-state index contributed by atoms with van der Waals surface area (Å²) in [7, 11) is -5.44. The van der Waals surface area contributed by atoms with Crippen LogP contribution in [0.1, 0.15) is 19.6 Å². The molecular weight excluding hydrogens is 555 g/mol. The molecule has 10 atom stereocenters. The van der Waals surface area contributed by atoms with Crippen molar-refractivity contribution in [3.8, 4) is 0 Å². The van der Waals surface area contributed by atoms with Crippen molar-refractivity contribution < 1.29 is 68.5 Å². The molecule has 0 aromatic carbocycles. The van der Waals surface area contributed by atoms with Crippen LogP contribution in [0.4, 0.5) is 5.82 Å². The number of rotatable bonds is 14. The van der Waals surface area contributed by atoms with Crippen LogP contribution in [0.3, 0.4) is 0 Å². The Morgan fingerprint density at radius 2 is 1.97 bits per heavy atom. The maximum Gasteiger partial charge on any atom is 0.475 e. The molecule has 1 fully saturated rings. The monoisotopic (exact) mass is 588 g/mol. The molecule has 39 heavy (non-hydrogen) atoms. The van der Waals surface area contributed by atoms with Gasteiger partial charge < -0.3 is 61.6 Å². The number of hydrogen-bond acceptors (Lipinski definition) is 16. The molecule has 2 rings (SSSR count). The maximum atomic E-state index is 12.7. The van der Waals surface area contributed by atoms with Gasteiger partial charge in [-0.1, -0.05) is 0 Å². The van der Waals surface area contributed by atoms with Crippen LogP contribution < -0.4 is 17.2 Å². The van der Waals surface area contributed by atoms with Gasteiger partial charge in [0.15, 0.2) is 6.23 Å². The second-order valence-electron chi connectivity index (χ2n) is 8.70. The number of nitrogen functional groups attached to an aromatic ring is 1. The van der Waals surface area contributed by atoms with E-state index in [0.717, 1.165) is 10.8 Å². The molecule has 0 bridgehead atoms. The van der Waals surface area contributed by atoms with Crippen molar-refractivity contribution in [1.29, 1.82) is 0 Å². The van der Waals surface area contributed by atoms with Crippen molar-refractivity contribution in [1.82, 2.24) is 9.55 Å². The standard InChI is InChI=1S/C19H33N4O15P/c1-8(26)16(23-3-2-12(20)22-18(23)32)36-9(5-24)7-35-39(33,34)38-19(17(30)31)4-10(27)13(21)15(37-19)14(29)11(28)6-25/h2-3,8-11,13-16,24-29H,4-7,21H2,1H3,(H,30,31)(H,33,34)(H2,20,22,32)/t8-,9-,10+,11+,13+,14+,15?,16+,19+/m0/s1. The van der Waals surface area contributed by atoms with Gasteiger partial charge >= 0.3 is 19.5 Å². The molecular formula is C19H33N4O15P. The summed E-state index contributed by atoms with van der Waals surface area (Å²) in [6.45, 7) is -1.62. The summed E-state index contributed by atoms with van der Waals surface area (Å²) in [6, 6.07) is -0.285. The van der Waals surface area contributed by atoms with E-state index in [1.165, 1.54) is 13.0 Å². The van der Waals surface area contributed by atoms with Gasteiger partial charge in [0.1, 0.15) is 30.2 Å². The van der Waals surface area contributed by atoms with Crippen molar-refractivity contribution in [2.45, 2.75) is 68.0 Å². The van der Waals surface area contributed by atoms with Crippen molar-refractivity contribution in [3.63, 3.8) is 0 Å². The number of phosphoric ester groups is 1. The molecule has 1 aliphatic heterocycles. The summed E-state index contributed by atoms with van der Waals surface area (Å²) in [4.78, 5) is 37.8. The van der Waals surface area contributed by atoms with Crippen LogP contribution in [-0.4, -0.2) is 124 Å². The molecule has 2 unspecified atom stereocenters. The molecule has 0 spiro atoms. The van der Waals surface area contributed by atoms with E-state index in [9.17, 15) is 49.7 Å². The average Bonchev–Trinajstić information content (AvgIpc) is 2.85. The number of phosphoric acid groups is 1. The van der Waals surface area contributed by atoms with Gasteiger partial charge in [0.25, 0.3) is 5.79 Å². The molecule has 20 heteroatoms. The predicted octanol–water partition coefficient (Wildman–Crippen LogP) is -4.81. The molecule has 0 aliphatic carbocycles. The van der Waals surface area contributed by atoms with E-state index < -0.39 is 100 Å². The third kappa shape index (κ3) is 8.21. The number of nitrogens with zero attached hydrogens (tertiary/aromatic N) is 2. The Morgan fingerprint density at radius 3 is 2.49 bits per heavy atom. The molecule has 1 aromatic rings. The van der Waals surface area contributed by atoms with Gasteiger partial charge in [0.2, 0.25) is 0 Å². The normalized spacial score (nSPS) is 29.1. The van der Waals surface area contributed by atoms with Gasteiger partial charge in [-0.15, -0.1) is 0 Å². The van der Waals surface area contributed by atoms with Crippen molar-refractivity contribution in [2.75, 3.05) is 25.6 Å². The fourth-order valence-electron chi connectivity index (χ4n) is 3.59. The lowest BCUT2D eigenvalue weighted by atomic mass is 9.89. The van der Waals surface area contributed by atoms with Crippen LogP contribution in [0.2, 0.25) is 0 Å². The topological polar surface area (TPSA) is 320 Å². The Hall–Kier alpha value is -2.10. The highest BCUT2D eigenvalue weighted by Crippen LogP contribution is 2.51. The number of aliphatic hydroxyl groups excluding tert-OH is 6. The number of ether oxygens (including phenoxy) is 2. The highest BCUT2D eigenvalue weighted by Gasteiger charge is 2.57. The van der Waals surface area contributed by atoms with Crippen molar-refractivity contribution >= 4 is 19.6 Å². The van der Waals surface area contributed by atoms with Crippen molar-refractivity contribution in [3.05, 3.63) is 22.7 Å². The second kappa shape index (κ2) is 13.5. The fourth-order valence-corrected chi connectivity index (χ4v) is 4.57. The highest BCUT2D eigenvalue weighted by atomic mass is 31.2. The lowest BCUT2D eigenvalue weighted by Gasteiger charge is -2.45. The minimum Gasteiger partial charge on any atom is -0.477 e. The first-order chi connectivity index (χ1) is 18.1. The minimum absolute atomic E-state index is 0.120. The lowest BCUT2D eigenvalue weighted by Crippen LogP contribution is -2.66. The van der Waals surface area contributed by atoms with Gasteiger partial charge in [0.05, 0.1) is 38.1 Å². The fraction of sp³-hybridized carbons (Fsp3) is 0.737. The van der Waals surface area contributed by atoms with E-state index in [-0.39, 0.29) is 5.82 Å². The largest absolute Gasteiger partial charge is 0.477 e. The SMILES string of the molecule is C[C@H](O)[C@@H](O[C@@H](CO)COP(=O)(O)O[C@@]1(C(=O)O)C[C@@H](O)[C@@H](N)C([C@H](O)[C@H](O)CO)O1)n1ccc(N)nc1=O. The molecule has 1 aromatic heterocycles. The van der Waals surface area contributed by atoms with Crippen LogP contribution in [0.15, 0.2) is 17.1 Å². The van der Waals surface area contributed by atoms with E-state index in [4.69, 9.17) is 35.1 Å². The number of hydrogen-bond donors (Lipinski definition) is 10. The molecule has 12 N–H and O–H groups in total. The molecule has 1 aliphatic rings. The van der Waals surface area contributed by atoms with Crippen molar-refractivity contribution in [2.24, 2.45) is 5.73 Å². The third-order valence-electron chi connectivity index (χ3n) is 5.63. The molecule has 0 saturated carbocycles. The second-order valence-corrected chi connectivity index (χ2v) is 10.1. The summed E-state index contributed by atoms with van der Waals surface area (Å²) in [5, 5.41) is 68.6. The number of aromatic nitrogens is 2. The predicted molar refractivity (Wildman–Crippen MR) is 125 cm³/mol. The van der Waals surface area contributed by atoms with Crippen LogP contribution in [0.5, 0.6) is 0 Å². The van der Waals surface area contributed by atoms with Gasteiger partial charge in [-0.05, 0) is 13.0 Å². The van der Waals surface area contributed by atoms with E-state index >= 15 is 0 Å². The van der Waals surface area contributed by atoms with Gasteiger partial charge in [0, 0.05) is 12.6 Å². The number of aliphatic carboxylic acids is 1. The summed E-state index contributed by atoms with van der Waals surface area (Å²) < 4.78 is 33.6. The quantitative estimate of drug-likeness (QED) is 0.0911. The lowest BCUT2D eigenvalue weighted by molar-refractivity contribution is -0.286. The zero-order chi connectivity index (χ0) is 29.7. The third-order valence-corrected chi connectivity index (χ3v) is 6.63. The number of nitrogens with two attached hydrogens (primary N) is 2. The Kier molecular flexibility index (Phi) is 11.5. The summed E-state index contributed by atoms with van der Waals surface area (Å²) in [5.41, 5.74) is 10.2. The number of aliphatic hydroxyl groups is 6. The zero-order valence-corrected chi connectivity index (χ0v) is 21.4. The first-order valence-corrected chi connectivity index (χ1v) is 12.9. The first-order valence-electron chi connectivity index (χ1n) is 11.4. The van der Waals surface area contributed by atoms with Crippen LogP contribution in [-0.2, 0) is 27.9 Å². The summed E-state index contributed by atoms with van der Waals surface area (Å²) in [5.74, 6) is -5.28. The molecule has 0 radical (unpaired) electrons. The van der Waals surface area contributed by atoms with Crippen LogP contribution >= 0.6 is 7.82 Å². The Balaban J connectivity index is 2.21. The number of carboxylic acids is 1. The highest BCUT2D eigenvalue weighted by molar-refractivity contribution is 7.47. The average molecular weight is 588 g/mol. The number of carbonyl (C=O) groups is 1. The van der Waals surface area contributed by atoms with E-state index in [1.54, 1.807) is 0 Å². The number of anilines is 1. The van der Waals surface area contributed by atoms with E-state index in [0.29, 0.717) is 0 Å². The smallest absolute Gasteiger partial charge is 0.475 e. The van der Waals surface area contributed by atoms with Crippen LogP contribution in [0, 0.1) is 0 Å². The van der Waals surface area contributed by atoms with Crippen LogP contribution in [0.25, 0.3) is 0 Å². The Labute approximate surface area is 220 Å². The summed E-state index contributed by atoms with van der Waals surface area (Å²) in [6.07, 6.45) is -11.9. The van der Waals surface area contributed by atoms with E-state index in [1.807, 2.05) is 0 Å². The molecule has 0 amide bonds. The number of carboxylic acid groups (broad SMARTS) is 1. The van der Waals surface area contributed by atoms with Gasteiger partial charge in [-0.2, -0.15) is 4.98 Å².